The van der Waals surface area contributed by atoms with Crippen molar-refractivity contribution < 1.29 is 0 Å². The second-order valence-electron chi connectivity index (χ2n) is 4.67. The van der Waals surface area contributed by atoms with Crippen LogP contribution in [0.25, 0.3) is 0 Å². The normalized spacial score (nSPS) is 17.6. The average molecular weight is 222 g/mol. The minimum Gasteiger partial charge on any atom is -0.317 e. The van der Waals surface area contributed by atoms with E-state index in [9.17, 15) is 0 Å². The summed E-state index contributed by atoms with van der Waals surface area (Å²) in [5, 5.41) is 3.42. The molecule has 2 heteroatoms. The summed E-state index contributed by atoms with van der Waals surface area (Å²) in [6.45, 7) is 13.2. The third-order valence-corrected chi connectivity index (χ3v) is 3.32. The lowest BCUT2D eigenvalue weighted by Gasteiger charge is -2.24. The molecule has 1 fully saturated rings. The zero-order valence-electron chi connectivity index (χ0n) is 10.5. The first-order chi connectivity index (χ1) is 7.86. The van der Waals surface area contributed by atoms with Gasteiger partial charge in [0.05, 0.1) is 0 Å². The van der Waals surface area contributed by atoms with Crippen LogP contribution in [0.2, 0.25) is 0 Å². The summed E-state index contributed by atoms with van der Waals surface area (Å²) < 4.78 is 0. The zero-order chi connectivity index (χ0) is 11.6. The molecule has 0 aromatic heterocycles. The van der Waals surface area contributed by atoms with E-state index < -0.39 is 0 Å². The highest BCUT2D eigenvalue weighted by molar-refractivity contribution is 4.80. The van der Waals surface area contributed by atoms with Crippen molar-refractivity contribution in [1.29, 1.82) is 0 Å². The van der Waals surface area contributed by atoms with E-state index in [4.69, 9.17) is 0 Å². The molecule has 1 aliphatic heterocycles. The fraction of sp³-hybridized carbons (Fsp3) is 0.714. The number of rotatable bonds is 8. The molecule has 1 aliphatic rings. The van der Waals surface area contributed by atoms with Crippen molar-refractivity contribution in [1.82, 2.24) is 10.2 Å². The summed E-state index contributed by atoms with van der Waals surface area (Å²) in [6.07, 6.45) is 9.38. The maximum atomic E-state index is 3.80. The molecule has 1 N–H and O–H groups in total. The number of nitrogens with one attached hydrogen (secondary N) is 1. The maximum Gasteiger partial charge on any atom is 0.0163 e. The highest BCUT2D eigenvalue weighted by Gasteiger charge is 2.12. The first-order valence-electron chi connectivity index (χ1n) is 6.51. The first-order valence-corrected chi connectivity index (χ1v) is 6.51. The van der Waals surface area contributed by atoms with Crippen molar-refractivity contribution in [3.63, 3.8) is 0 Å². The summed E-state index contributed by atoms with van der Waals surface area (Å²) >= 11 is 0. The SMILES string of the molecule is C=CCN(CC=C)CCCC1CCNCC1. The van der Waals surface area contributed by atoms with Crippen molar-refractivity contribution in [3.05, 3.63) is 25.3 Å². The third-order valence-electron chi connectivity index (χ3n) is 3.32. The Morgan fingerprint density at radius 1 is 1.12 bits per heavy atom. The molecule has 0 saturated carbocycles. The van der Waals surface area contributed by atoms with Gasteiger partial charge in [-0.05, 0) is 51.2 Å². The monoisotopic (exact) mass is 222 g/mol. The van der Waals surface area contributed by atoms with Gasteiger partial charge >= 0.3 is 0 Å². The van der Waals surface area contributed by atoms with E-state index in [1.54, 1.807) is 0 Å². The minimum atomic E-state index is 0.954. The molecule has 0 aromatic rings. The fourth-order valence-electron chi connectivity index (χ4n) is 2.40. The van der Waals surface area contributed by atoms with Crippen LogP contribution in [0.4, 0.5) is 0 Å². The van der Waals surface area contributed by atoms with Crippen LogP contribution >= 0.6 is 0 Å². The Labute approximate surface area is 100 Å². The molecule has 0 radical (unpaired) electrons. The molecule has 1 saturated heterocycles. The molecule has 0 amide bonds. The molecular formula is C14H26N2. The second-order valence-corrected chi connectivity index (χ2v) is 4.67. The van der Waals surface area contributed by atoms with Crippen LogP contribution in [0.3, 0.4) is 0 Å². The van der Waals surface area contributed by atoms with Crippen molar-refractivity contribution >= 4 is 0 Å². The first kappa shape index (κ1) is 13.5. The van der Waals surface area contributed by atoms with Gasteiger partial charge in [0.2, 0.25) is 0 Å². The van der Waals surface area contributed by atoms with Crippen LogP contribution in [0.15, 0.2) is 25.3 Å². The molecule has 92 valence electrons. The average Bonchev–Trinajstić information content (AvgIpc) is 2.31. The van der Waals surface area contributed by atoms with E-state index in [0.717, 1.165) is 19.0 Å². The molecule has 1 rings (SSSR count). The van der Waals surface area contributed by atoms with Gasteiger partial charge in [-0.2, -0.15) is 0 Å². The number of nitrogens with zero attached hydrogens (tertiary/aromatic N) is 1. The van der Waals surface area contributed by atoms with Crippen LogP contribution in [0, 0.1) is 5.92 Å². The van der Waals surface area contributed by atoms with E-state index in [2.05, 4.69) is 23.4 Å². The van der Waals surface area contributed by atoms with Crippen molar-refractivity contribution in [3.8, 4) is 0 Å². The summed E-state index contributed by atoms with van der Waals surface area (Å²) in [5.41, 5.74) is 0. The molecule has 2 nitrogen and oxygen atoms in total. The molecule has 0 bridgehead atoms. The van der Waals surface area contributed by atoms with Gasteiger partial charge in [0.1, 0.15) is 0 Å². The quantitative estimate of drug-likeness (QED) is 0.635. The fourth-order valence-corrected chi connectivity index (χ4v) is 2.40. The largest absolute Gasteiger partial charge is 0.317 e. The molecular weight excluding hydrogens is 196 g/mol. The van der Waals surface area contributed by atoms with Crippen LogP contribution in [-0.4, -0.2) is 37.6 Å². The predicted octanol–water partition coefficient (Wildman–Crippen LogP) is 2.44. The maximum absolute atomic E-state index is 3.80. The molecule has 0 atom stereocenters. The Hall–Kier alpha value is -0.600. The van der Waals surface area contributed by atoms with Crippen molar-refractivity contribution in [2.75, 3.05) is 32.7 Å². The zero-order valence-corrected chi connectivity index (χ0v) is 10.5. The van der Waals surface area contributed by atoms with Crippen LogP contribution < -0.4 is 5.32 Å². The predicted molar refractivity (Wildman–Crippen MR) is 71.7 cm³/mol. The topological polar surface area (TPSA) is 15.3 Å². The standard InChI is InChI=1S/C14H26N2/c1-3-11-16(12-4-2)13-5-6-14-7-9-15-10-8-14/h3-4,14-15H,1-2,5-13H2. The Kier molecular flexibility index (Phi) is 7.19. The summed E-state index contributed by atoms with van der Waals surface area (Å²) in [7, 11) is 0. The summed E-state index contributed by atoms with van der Waals surface area (Å²) in [6, 6.07) is 0. The Morgan fingerprint density at radius 3 is 2.31 bits per heavy atom. The van der Waals surface area contributed by atoms with Gasteiger partial charge in [0.15, 0.2) is 0 Å². The van der Waals surface area contributed by atoms with Gasteiger partial charge in [0, 0.05) is 13.1 Å². The van der Waals surface area contributed by atoms with Crippen LogP contribution in [-0.2, 0) is 0 Å². The van der Waals surface area contributed by atoms with E-state index in [0.29, 0.717) is 0 Å². The van der Waals surface area contributed by atoms with E-state index in [1.165, 1.54) is 45.3 Å². The van der Waals surface area contributed by atoms with Crippen molar-refractivity contribution in [2.24, 2.45) is 5.92 Å². The molecule has 0 spiro atoms. The molecule has 1 heterocycles. The van der Waals surface area contributed by atoms with Crippen molar-refractivity contribution in [2.45, 2.75) is 25.7 Å². The van der Waals surface area contributed by atoms with Gasteiger partial charge < -0.3 is 5.32 Å². The van der Waals surface area contributed by atoms with Gasteiger partial charge in [-0.1, -0.05) is 12.2 Å². The smallest absolute Gasteiger partial charge is 0.0163 e. The van der Waals surface area contributed by atoms with E-state index in [1.807, 2.05) is 12.2 Å². The second kappa shape index (κ2) is 8.54. The number of hydrogen-bond donors (Lipinski definition) is 1. The third kappa shape index (κ3) is 5.47. The highest BCUT2D eigenvalue weighted by Crippen LogP contribution is 2.17. The molecule has 0 aromatic carbocycles. The number of piperidine rings is 1. The molecule has 0 aliphatic carbocycles. The van der Waals surface area contributed by atoms with Gasteiger partial charge in [-0.3, -0.25) is 4.90 Å². The molecule has 0 unspecified atom stereocenters. The summed E-state index contributed by atoms with van der Waals surface area (Å²) in [4.78, 5) is 2.40. The van der Waals surface area contributed by atoms with Crippen LogP contribution in [0.1, 0.15) is 25.7 Å². The Balaban J connectivity index is 2.10. The van der Waals surface area contributed by atoms with Gasteiger partial charge in [-0.25, -0.2) is 0 Å². The minimum absolute atomic E-state index is 0.954. The number of hydrogen-bond acceptors (Lipinski definition) is 2. The highest BCUT2D eigenvalue weighted by atomic mass is 15.1. The van der Waals surface area contributed by atoms with E-state index >= 15 is 0 Å². The lowest BCUT2D eigenvalue weighted by atomic mass is 9.93. The van der Waals surface area contributed by atoms with Gasteiger partial charge in [0.25, 0.3) is 0 Å². The lowest BCUT2D eigenvalue weighted by molar-refractivity contribution is 0.290. The Morgan fingerprint density at radius 2 is 1.75 bits per heavy atom. The molecule has 16 heavy (non-hydrogen) atoms. The van der Waals surface area contributed by atoms with Gasteiger partial charge in [-0.15, -0.1) is 13.2 Å². The Bertz CT molecular complexity index is 185. The van der Waals surface area contributed by atoms with Crippen LogP contribution in [0.5, 0.6) is 0 Å². The summed E-state index contributed by atoms with van der Waals surface area (Å²) in [5.74, 6) is 0.954. The lowest BCUT2D eigenvalue weighted by Crippen LogP contribution is -2.29. The van der Waals surface area contributed by atoms with E-state index in [-0.39, 0.29) is 0 Å².